The van der Waals surface area contributed by atoms with Crippen LogP contribution in [0.25, 0.3) is 0 Å². The van der Waals surface area contributed by atoms with Gasteiger partial charge in [-0.05, 0) is 43.0 Å². The van der Waals surface area contributed by atoms with Crippen molar-refractivity contribution in [3.8, 4) is 5.75 Å². The number of hydrogen-bond donors (Lipinski definition) is 4. The molecule has 0 spiro atoms. The number of rotatable bonds is 17. The summed E-state index contributed by atoms with van der Waals surface area (Å²) in [6.45, 7) is 3.59. The summed E-state index contributed by atoms with van der Waals surface area (Å²) >= 11 is 0. The zero-order valence-electron chi connectivity index (χ0n) is 23.7. The van der Waals surface area contributed by atoms with Crippen LogP contribution in [-0.2, 0) is 9.47 Å². The van der Waals surface area contributed by atoms with Crippen LogP contribution < -0.4 is 26.0 Å². The minimum Gasteiger partial charge on any atom is -0.497 e. The van der Waals surface area contributed by atoms with Gasteiger partial charge < -0.3 is 35.5 Å². The molecule has 0 unspecified atom stereocenters. The molecule has 0 saturated heterocycles. The number of aromatic nitrogens is 3. The molecule has 1 aliphatic carbocycles. The van der Waals surface area contributed by atoms with E-state index in [2.05, 4.69) is 36.2 Å². The Morgan fingerprint density at radius 1 is 0.805 bits per heavy atom. The Morgan fingerprint density at radius 2 is 1.51 bits per heavy atom. The lowest BCUT2D eigenvalue weighted by atomic mass is 9.89. The molecule has 1 saturated carbocycles. The molecule has 1 amide bonds. The number of amides is 1. The van der Waals surface area contributed by atoms with Crippen molar-refractivity contribution in [1.82, 2.24) is 20.3 Å². The smallest absolute Gasteiger partial charge is 0.251 e. The first-order valence-corrected chi connectivity index (χ1v) is 14.3. The first-order valence-electron chi connectivity index (χ1n) is 14.3. The van der Waals surface area contributed by atoms with Crippen LogP contribution in [-0.4, -0.2) is 74.0 Å². The van der Waals surface area contributed by atoms with E-state index in [4.69, 9.17) is 14.2 Å². The average molecular weight is 564 g/mol. The van der Waals surface area contributed by atoms with Gasteiger partial charge in [0.1, 0.15) is 5.75 Å². The van der Waals surface area contributed by atoms with Crippen molar-refractivity contribution in [2.24, 2.45) is 5.92 Å². The third-order valence-corrected chi connectivity index (χ3v) is 6.70. The van der Waals surface area contributed by atoms with Crippen LogP contribution in [0.15, 0.2) is 54.6 Å². The number of anilines is 4. The number of nitrogens with one attached hydrogen (secondary N) is 4. The van der Waals surface area contributed by atoms with E-state index in [0.29, 0.717) is 68.8 Å². The Hall–Kier alpha value is -3.96. The summed E-state index contributed by atoms with van der Waals surface area (Å²) in [4.78, 5) is 25.7. The zero-order valence-corrected chi connectivity index (χ0v) is 23.7. The van der Waals surface area contributed by atoms with Crippen molar-refractivity contribution >= 4 is 29.4 Å². The molecule has 0 atom stereocenters. The van der Waals surface area contributed by atoms with E-state index in [1.54, 1.807) is 19.2 Å². The summed E-state index contributed by atoms with van der Waals surface area (Å²) in [6.07, 6.45) is 6.37. The normalized spacial score (nSPS) is 13.4. The monoisotopic (exact) mass is 563 g/mol. The molecule has 220 valence electrons. The fourth-order valence-electron chi connectivity index (χ4n) is 4.53. The molecular weight excluding hydrogens is 522 g/mol. The lowest BCUT2D eigenvalue weighted by Crippen LogP contribution is -2.27. The lowest BCUT2D eigenvalue weighted by molar-refractivity contribution is 0.0519. The van der Waals surface area contributed by atoms with E-state index < -0.39 is 0 Å². The predicted molar refractivity (Wildman–Crippen MR) is 160 cm³/mol. The molecule has 4 N–H and O–H groups in total. The van der Waals surface area contributed by atoms with Crippen LogP contribution in [0.2, 0.25) is 0 Å². The molecule has 1 aromatic heterocycles. The van der Waals surface area contributed by atoms with Gasteiger partial charge in [-0.1, -0.05) is 43.5 Å². The van der Waals surface area contributed by atoms with Gasteiger partial charge in [-0.2, -0.15) is 15.0 Å². The number of nitrogens with zero attached hydrogens (tertiary/aromatic N) is 3. The third-order valence-electron chi connectivity index (χ3n) is 6.70. The van der Waals surface area contributed by atoms with Gasteiger partial charge in [-0.25, -0.2) is 0 Å². The summed E-state index contributed by atoms with van der Waals surface area (Å²) in [5, 5.41) is 12.7. The van der Waals surface area contributed by atoms with Gasteiger partial charge >= 0.3 is 0 Å². The molecule has 4 rings (SSSR count). The van der Waals surface area contributed by atoms with Crippen LogP contribution in [0.5, 0.6) is 5.75 Å². The third kappa shape index (κ3) is 10.8. The molecule has 11 heteroatoms. The molecule has 0 aliphatic heterocycles. The standard InChI is InChI=1S/C30H41N7O4/c1-39-26-14-8-13-25(21-26)34-30-36-28(35-29(37-30)33-22-23-9-4-2-5-10-23)32-16-18-41-20-19-40-17-15-31-27(38)24-11-6-3-7-12-24/h3,6-8,11-14,21,23H,2,4-5,9-10,15-20,22H2,1H3,(H,31,38)(H3,32,33,34,35,36,37). The highest BCUT2D eigenvalue weighted by molar-refractivity contribution is 5.94. The number of hydrogen-bond acceptors (Lipinski definition) is 10. The van der Waals surface area contributed by atoms with Gasteiger partial charge in [0.05, 0.1) is 33.5 Å². The van der Waals surface area contributed by atoms with E-state index in [9.17, 15) is 4.79 Å². The molecule has 0 bridgehead atoms. The van der Waals surface area contributed by atoms with Crippen molar-refractivity contribution < 1.29 is 19.0 Å². The van der Waals surface area contributed by atoms with Crippen LogP contribution in [0.3, 0.4) is 0 Å². The van der Waals surface area contributed by atoms with Crippen molar-refractivity contribution in [3.05, 3.63) is 60.2 Å². The van der Waals surface area contributed by atoms with Crippen LogP contribution in [0.4, 0.5) is 23.5 Å². The Morgan fingerprint density at radius 3 is 2.27 bits per heavy atom. The fourth-order valence-corrected chi connectivity index (χ4v) is 4.53. The molecule has 1 aliphatic rings. The summed E-state index contributed by atoms with van der Waals surface area (Å²) in [6, 6.07) is 16.7. The second-order valence-electron chi connectivity index (χ2n) is 9.82. The Kier molecular flexibility index (Phi) is 12.4. The van der Waals surface area contributed by atoms with E-state index >= 15 is 0 Å². The van der Waals surface area contributed by atoms with E-state index in [1.807, 2.05) is 42.5 Å². The van der Waals surface area contributed by atoms with Gasteiger partial charge in [0.15, 0.2) is 0 Å². The fraction of sp³-hybridized carbons (Fsp3) is 0.467. The highest BCUT2D eigenvalue weighted by Crippen LogP contribution is 2.24. The summed E-state index contributed by atoms with van der Waals surface area (Å²) < 4.78 is 16.5. The molecular formula is C30H41N7O4. The second-order valence-corrected chi connectivity index (χ2v) is 9.82. The molecule has 2 aromatic carbocycles. The minimum atomic E-state index is -0.107. The lowest BCUT2D eigenvalue weighted by Gasteiger charge is -2.21. The second kappa shape index (κ2) is 17.0. The average Bonchev–Trinajstić information content (AvgIpc) is 3.02. The quantitative estimate of drug-likeness (QED) is 0.174. The first-order chi connectivity index (χ1) is 20.2. The van der Waals surface area contributed by atoms with Crippen molar-refractivity contribution in [2.45, 2.75) is 32.1 Å². The Labute approximate surface area is 241 Å². The SMILES string of the molecule is COc1cccc(Nc2nc(NCCOCCOCCNC(=O)c3ccccc3)nc(NCC3CCCCC3)n2)c1. The van der Waals surface area contributed by atoms with Gasteiger partial charge in [0.25, 0.3) is 5.91 Å². The van der Waals surface area contributed by atoms with E-state index in [0.717, 1.165) is 18.0 Å². The topological polar surface area (TPSA) is 132 Å². The number of carbonyl (C=O) groups excluding carboxylic acids is 1. The molecule has 11 nitrogen and oxygen atoms in total. The Bertz CT molecular complexity index is 1190. The highest BCUT2D eigenvalue weighted by atomic mass is 16.5. The highest BCUT2D eigenvalue weighted by Gasteiger charge is 2.14. The van der Waals surface area contributed by atoms with E-state index in [-0.39, 0.29) is 5.91 Å². The van der Waals surface area contributed by atoms with Crippen molar-refractivity contribution in [2.75, 3.05) is 69.1 Å². The van der Waals surface area contributed by atoms with Gasteiger partial charge in [-0.3, -0.25) is 4.79 Å². The van der Waals surface area contributed by atoms with Gasteiger partial charge in [0, 0.05) is 37.0 Å². The zero-order chi connectivity index (χ0) is 28.5. The molecule has 41 heavy (non-hydrogen) atoms. The van der Waals surface area contributed by atoms with Crippen molar-refractivity contribution in [3.63, 3.8) is 0 Å². The number of carbonyl (C=O) groups is 1. The summed E-state index contributed by atoms with van der Waals surface area (Å²) in [7, 11) is 1.64. The molecule has 3 aromatic rings. The minimum absolute atomic E-state index is 0.107. The molecule has 0 radical (unpaired) electrons. The number of ether oxygens (including phenoxy) is 3. The van der Waals surface area contributed by atoms with Crippen LogP contribution in [0.1, 0.15) is 42.5 Å². The van der Waals surface area contributed by atoms with E-state index in [1.165, 1.54) is 32.1 Å². The first kappa shape index (κ1) is 30.0. The maximum absolute atomic E-state index is 12.0. The van der Waals surface area contributed by atoms with Crippen molar-refractivity contribution in [1.29, 1.82) is 0 Å². The maximum atomic E-state index is 12.0. The summed E-state index contributed by atoms with van der Waals surface area (Å²) in [5.41, 5.74) is 1.46. The number of benzene rings is 2. The van der Waals surface area contributed by atoms with Gasteiger partial charge in [-0.15, -0.1) is 0 Å². The van der Waals surface area contributed by atoms with Crippen LogP contribution >= 0.6 is 0 Å². The summed E-state index contributed by atoms with van der Waals surface area (Å²) in [5.74, 6) is 2.72. The predicted octanol–water partition coefficient (Wildman–Crippen LogP) is 4.49. The molecule has 1 fully saturated rings. The van der Waals surface area contributed by atoms with Gasteiger partial charge in [0.2, 0.25) is 17.8 Å². The van der Waals surface area contributed by atoms with Crippen LogP contribution in [0, 0.1) is 5.92 Å². The molecule has 1 heterocycles. The number of methoxy groups -OCH3 is 1. The Balaban J connectivity index is 1.18. The largest absolute Gasteiger partial charge is 0.497 e. The maximum Gasteiger partial charge on any atom is 0.251 e.